The summed E-state index contributed by atoms with van der Waals surface area (Å²) in [7, 11) is 0. The number of aromatic nitrogens is 3. The van der Waals surface area contributed by atoms with E-state index < -0.39 is 0 Å². The quantitative estimate of drug-likeness (QED) is 0.777. The maximum atomic E-state index is 4.23. The Morgan fingerprint density at radius 2 is 2.33 bits per heavy atom. The van der Waals surface area contributed by atoms with Crippen LogP contribution >= 0.6 is 28.6 Å². The van der Waals surface area contributed by atoms with Crippen molar-refractivity contribution in [3.8, 4) is 0 Å². The van der Waals surface area contributed by atoms with Gasteiger partial charge in [0, 0.05) is 10.7 Å². The van der Waals surface area contributed by atoms with E-state index in [9.17, 15) is 0 Å². The highest BCUT2D eigenvalue weighted by atomic mass is 79.9. The molecule has 2 aromatic heterocycles. The summed E-state index contributed by atoms with van der Waals surface area (Å²) in [6.07, 6.45) is 1.87. The summed E-state index contributed by atoms with van der Waals surface area (Å²) >= 11 is 7.45. The van der Waals surface area contributed by atoms with Crippen molar-refractivity contribution in [2.45, 2.75) is 5.75 Å². The second-order valence-corrected chi connectivity index (χ2v) is 3.57. The number of thiol groups is 1. The van der Waals surface area contributed by atoms with Gasteiger partial charge in [-0.2, -0.15) is 17.7 Å². The summed E-state index contributed by atoms with van der Waals surface area (Å²) < 4.78 is 2.72. The molecule has 0 N–H and O–H groups in total. The van der Waals surface area contributed by atoms with Gasteiger partial charge < -0.3 is 0 Å². The highest BCUT2D eigenvalue weighted by Crippen LogP contribution is 2.10. The van der Waals surface area contributed by atoms with Crippen molar-refractivity contribution in [2.24, 2.45) is 0 Å². The van der Waals surface area contributed by atoms with Gasteiger partial charge in [0.1, 0.15) is 0 Å². The van der Waals surface area contributed by atoms with Crippen molar-refractivity contribution in [3.05, 3.63) is 28.6 Å². The number of nitrogens with zero attached hydrogens (tertiary/aromatic N) is 3. The van der Waals surface area contributed by atoms with Crippen molar-refractivity contribution in [1.29, 1.82) is 0 Å². The van der Waals surface area contributed by atoms with E-state index in [1.165, 1.54) is 0 Å². The van der Waals surface area contributed by atoms with Crippen LogP contribution in [0.3, 0.4) is 0 Å². The van der Waals surface area contributed by atoms with Gasteiger partial charge in [0.2, 0.25) is 0 Å². The fourth-order valence-electron chi connectivity index (χ4n) is 0.971. The minimum atomic E-state index is 0.569. The number of hydrogen-bond acceptors (Lipinski definition) is 3. The molecular formula is C7H6BrN3S. The third-order valence-corrected chi connectivity index (χ3v) is 2.23. The van der Waals surface area contributed by atoms with Crippen molar-refractivity contribution in [2.75, 3.05) is 0 Å². The average molecular weight is 244 g/mol. The Labute approximate surface area is 83.3 Å². The first kappa shape index (κ1) is 8.07. The van der Waals surface area contributed by atoms with E-state index >= 15 is 0 Å². The molecule has 2 rings (SSSR count). The Morgan fingerprint density at radius 3 is 3.08 bits per heavy atom. The highest BCUT2D eigenvalue weighted by Gasteiger charge is 2.00. The monoisotopic (exact) mass is 243 g/mol. The lowest BCUT2D eigenvalue weighted by Crippen LogP contribution is -1.86. The van der Waals surface area contributed by atoms with Gasteiger partial charge in [0.05, 0.1) is 5.75 Å². The second kappa shape index (κ2) is 3.06. The van der Waals surface area contributed by atoms with Crippen LogP contribution in [0.1, 0.15) is 5.82 Å². The minimum Gasteiger partial charge on any atom is -0.220 e. The van der Waals surface area contributed by atoms with Crippen LogP contribution < -0.4 is 0 Å². The fourth-order valence-corrected chi connectivity index (χ4v) is 1.43. The molecular weight excluding hydrogens is 238 g/mol. The largest absolute Gasteiger partial charge is 0.220 e. The smallest absolute Gasteiger partial charge is 0.161 e. The Bertz CT molecular complexity index is 412. The first-order chi connectivity index (χ1) is 5.79. The molecule has 3 nitrogen and oxygen atoms in total. The predicted octanol–water partition coefficient (Wildman–Crippen LogP) is 1.92. The number of halogens is 1. The molecule has 0 amide bonds. The van der Waals surface area contributed by atoms with Gasteiger partial charge in [0.15, 0.2) is 11.5 Å². The molecule has 0 radical (unpaired) electrons. The van der Waals surface area contributed by atoms with E-state index in [-0.39, 0.29) is 0 Å². The standard InChI is InChI=1S/C7H6BrN3S/c8-5-1-2-7-9-6(4-12)10-11(7)3-5/h1-3,12H,4H2. The van der Waals surface area contributed by atoms with Gasteiger partial charge >= 0.3 is 0 Å². The van der Waals surface area contributed by atoms with Crippen molar-refractivity contribution >= 4 is 34.2 Å². The van der Waals surface area contributed by atoms with Crippen molar-refractivity contribution in [1.82, 2.24) is 14.6 Å². The number of hydrogen-bond donors (Lipinski definition) is 1. The summed E-state index contributed by atoms with van der Waals surface area (Å²) in [5.74, 6) is 1.32. The predicted molar refractivity (Wildman–Crippen MR) is 53.4 cm³/mol. The van der Waals surface area contributed by atoms with Crippen LogP contribution in [0.15, 0.2) is 22.8 Å². The summed E-state index contributed by atoms with van der Waals surface area (Å²) in [5, 5.41) is 4.19. The Balaban J connectivity index is 2.67. The molecule has 0 atom stereocenters. The molecule has 0 aliphatic carbocycles. The van der Waals surface area contributed by atoms with Crippen molar-refractivity contribution < 1.29 is 0 Å². The lowest BCUT2D eigenvalue weighted by Gasteiger charge is -1.89. The lowest BCUT2D eigenvalue weighted by atomic mass is 10.5. The minimum absolute atomic E-state index is 0.569. The molecule has 0 aliphatic rings. The van der Waals surface area contributed by atoms with Crippen molar-refractivity contribution in [3.63, 3.8) is 0 Å². The van der Waals surface area contributed by atoms with E-state index in [2.05, 4.69) is 38.6 Å². The van der Waals surface area contributed by atoms with Gasteiger partial charge in [0.25, 0.3) is 0 Å². The van der Waals surface area contributed by atoms with E-state index in [1.807, 2.05) is 18.3 Å². The molecule has 12 heavy (non-hydrogen) atoms. The second-order valence-electron chi connectivity index (χ2n) is 2.34. The highest BCUT2D eigenvalue weighted by molar-refractivity contribution is 9.10. The summed E-state index contributed by atoms with van der Waals surface area (Å²) in [5.41, 5.74) is 0.849. The molecule has 5 heteroatoms. The molecule has 2 aromatic rings. The summed E-state index contributed by atoms with van der Waals surface area (Å²) in [6.45, 7) is 0. The number of pyridine rings is 1. The third-order valence-electron chi connectivity index (χ3n) is 1.48. The normalized spacial score (nSPS) is 10.8. The summed E-state index contributed by atoms with van der Waals surface area (Å²) in [6, 6.07) is 3.84. The summed E-state index contributed by atoms with van der Waals surface area (Å²) in [4.78, 5) is 4.23. The molecule has 0 bridgehead atoms. The van der Waals surface area contributed by atoms with Crippen LogP contribution in [-0.2, 0) is 5.75 Å². The van der Waals surface area contributed by atoms with Crippen LogP contribution in [-0.4, -0.2) is 14.6 Å². The van der Waals surface area contributed by atoms with Crippen LogP contribution in [0.4, 0.5) is 0 Å². The molecule has 0 aromatic carbocycles. The average Bonchev–Trinajstić information content (AvgIpc) is 2.46. The SMILES string of the molecule is SCc1nc2ccc(Br)cn2n1. The van der Waals surface area contributed by atoms with Crippen LogP contribution in [0.25, 0.3) is 5.65 Å². The van der Waals surface area contributed by atoms with E-state index in [0.29, 0.717) is 5.75 Å². The molecule has 0 spiro atoms. The number of fused-ring (bicyclic) bond motifs is 1. The molecule has 62 valence electrons. The maximum Gasteiger partial charge on any atom is 0.161 e. The van der Waals surface area contributed by atoms with E-state index in [0.717, 1.165) is 15.9 Å². The molecule has 0 unspecified atom stereocenters. The maximum absolute atomic E-state index is 4.23. The Kier molecular flexibility index (Phi) is 2.06. The van der Waals surface area contributed by atoms with Gasteiger partial charge in [-0.15, -0.1) is 0 Å². The lowest BCUT2D eigenvalue weighted by molar-refractivity contribution is 0.922. The van der Waals surface area contributed by atoms with Crippen LogP contribution in [0.5, 0.6) is 0 Å². The fraction of sp³-hybridized carbons (Fsp3) is 0.143. The van der Waals surface area contributed by atoms with Gasteiger partial charge in [-0.25, -0.2) is 9.50 Å². The van der Waals surface area contributed by atoms with E-state index in [4.69, 9.17) is 0 Å². The molecule has 0 aliphatic heterocycles. The van der Waals surface area contributed by atoms with Gasteiger partial charge in [-0.1, -0.05) is 0 Å². The van der Waals surface area contributed by atoms with E-state index in [1.54, 1.807) is 4.52 Å². The molecule has 0 fully saturated rings. The van der Waals surface area contributed by atoms with Gasteiger partial charge in [-0.05, 0) is 28.1 Å². The molecule has 0 saturated heterocycles. The Hall–Kier alpha value is -0.550. The first-order valence-electron chi connectivity index (χ1n) is 3.41. The molecule has 0 saturated carbocycles. The zero-order valence-corrected chi connectivity index (χ0v) is 8.59. The van der Waals surface area contributed by atoms with Crippen LogP contribution in [0, 0.1) is 0 Å². The first-order valence-corrected chi connectivity index (χ1v) is 4.84. The zero-order chi connectivity index (χ0) is 8.55. The number of rotatable bonds is 1. The molecule has 2 heterocycles. The topological polar surface area (TPSA) is 30.2 Å². The zero-order valence-electron chi connectivity index (χ0n) is 6.11. The Morgan fingerprint density at radius 1 is 1.50 bits per heavy atom. The van der Waals surface area contributed by atoms with Crippen LogP contribution in [0.2, 0.25) is 0 Å². The third kappa shape index (κ3) is 1.34. The van der Waals surface area contributed by atoms with Gasteiger partial charge in [-0.3, -0.25) is 0 Å².